The number of anilines is 1. The SMILES string of the molecule is O=C(Cn1cnnn1)Nc1cc(C(=O)O)ccc1F. The highest BCUT2D eigenvalue weighted by Crippen LogP contribution is 2.16. The maximum Gasteiger partial charge on any atom is 0.335 e. The van der Waals surface area contributed by atoms with Gasteiger partial charge in [-0.1, -0.05) is 0 Å². The molecule has 1 aromatic carbocycles. The lowest BCUT2D eigenvalue weighted by Gasteiger charge is -2.06. The van der Waals surface area contributed by atoms with Crippen LogP contribution in [0.15, 0.2) is 24.5 Å². The molecule has 19 heavy (non-hydrogen) atoms. The summed E-state index contributed by atoms with van der Waals surface area (Å²) in [4.78, 5) is 22.3. The number of hydrogen-bond donors (Lipinski definition) is 2. The number of halogens is 1. The molecule has 0 bridgehead atoms. The third-order valence-electron chi connectivity index (χ3n) is 2.18. The lowest BCUT2D eigenvalue weighted by molar-refractivity contribution is -0.117. The van der Waals surface area contributed by atoms with Gasteiger partial charge >= 0.3 is 5.97 Å². The summed E-state index contributed by atoms with van der Waals surface area (Å²) in [6.07, 6.45) is 1.23. The Balaban J connectivity index is 2.11. The van der Waals surface area contributed by atoms with Gasteiger partial charge in [0.2, 0.25) is 5.91 Å². The summed E-state index contributed by atoms with van der Waals surface area (Å²) in [5.41, 5.74) is -0.336. The molecule has 0 fully saturated rings. The highest BCUT2D eigenvalue weighted by Gasteiger charge is 2.11. The first-order chi connectivity index (χ1) is 9.06. The number of carboxylic acids is 1. The van der Waals surface area contributed by atoms with Crippen LogP contribution >= 0.6 is 0 Å². The van der Waals surface area contributed by atoms with Crippen molar-refractivity contribution in [1.29, 1.82) is 0 Å². The number of nitrogens with one attached hydrogen (secondary N) is 1. The van der Waals surface area contributed by atoms with Gasteiger partial charge in [-0.2, -0.15) is 0 Å². The summed E-state index contributed by atoms with van der Waals surface area (Å²) in [6.45, 7) is -0.205. The van der Waals surface area contributed by atoms with Gasteiger partial charge in [-0.25, -0.2) is 13.9 Å². The molecule has 2 rings (SSSR count). The minimum absolute atomic E-state index is 0.126. The summed E-state index contributed by atoms with van der Waals surface area (Å²) in [6, 6.07) is 3.11. The second-order valence-electron chi connectivity index (χ2n) is 3.56. The molecule has 1 aromatic heterocycles. The maximum absolute atomic E-state index is 13.4. The highest BCUT2D eigenvalue weighted by molar-refractivity contribution is 5.93. The second-order valence-corrected chi connectivity index (χ2v) is 3.56. The number of carboxylic acid groups (broad SMARTS) is 1. The number of aromatic carboxylic acids is 1. The van der Waals surface area contributed by atoms with Gasteiger partial charge in [0.25, 0.3) is 0 Å². The van der Waals surface area contributed by atoms with Crippen LogP contribution in [0.2, 0.25) is 0 Å². The van der Waals surface area contributed by atoms with Crippen molar-refractivity contribution in [3.63, 3.8) is 0 Å². The van der Waals surface area contributed by atoms with Crippen molar-refractivity contribution in [2.75, 3.05) is 5.32 Å². The molecule has 0 aliphatic rings. The third kappa shape index (κ3) is 3.09. The molecular formula is C10H8FN5O3. The Morgan fingerprint density at radius 1 is 1.42 bits per heavy atom. The number of rotatable bonds is 4. The van der Waals surface area contributed by atoms with E-state index in [0.717, 1.165) is 22.9 Å². The lowest BCUT2D eigenvalue weighted by atomic mass is 10.2. The van der Waals surface area contributed by atoms with E-state index in [9.17, 15) is 14.0 Å². The molecule has 0 saturated carbocycles. The summed E-state index contributed by atoms with van der Waals surface area (Å²) < 4.78 is 14.6. The molecule has 0 aliphatic heterocycles. The molecule has 0 radical (unpaired) electrons. The van der Waals surface area contributed by atoms with E-state index in [-0.39, 0.29) is 17.8 Å². The van der Waals surface area contributed by atoms with Gasteiger partial charge in [-0.3, -0.25) is 4.79 Å². The highest BCUT2D eigenvalue weighted by atomic mass is 19.1. The molecule has 1 amide bonds. The van der Waals surface area contributed by atoms with Crippen LogP contribution in [-0.4, -0.2) is 37.2 Å². The van der Waals surface area contributed by atoms with E-state index in [1.54, 1.807) is 0 Å². The Morgan fingerprint density at radius 2 is 2.21 bits per heavy atom. The molecule has 2 N–H and O–H groups in total. The van der Waals surface area contributed by atoms with Crippen LogP contribution in [-0.2, 0) is 11.3 Å². The van der Waals surface area contributed by atoms with E-state index >= 15 is 0 Å². The van der Waals surface area contributed by atoms with E-state index in [1.807, 2.05) is 0 Å². The summed E-state index contributed by atoms with van der Waals surface area (Å²) >= 11 is 0. The maximum atomic E-state index is 13.4. The fourth-order valence-electron chi connectivity index (χ4n) is 1.34. The van der Waals surface area contributed by atoms with Gasteiger partial charge < -0.3 is 10.4 Å². The van der Waals surface area contributed by atoms with Crippen LogP contribution in [0.4, 0.5) is 10.1 Å². The minimum atomic E-state index is -1.21. The van der Waals surface area contributed by atoms with Gasteiger partial charge in [-0.05, 0) is 28.6 Å². The number of aromatic nitrogens is 4. The van der Waals surface area contributed by atoms with Crippen molar-refractivity contribution in [1.82, 2.24) is 20.2 Å². The van der Waals surface area contributed by atoms with E-state index in [4.69, 9.17) is 5.11 Å². The Labute approximate surface area is 105 Å². The van der Waals surface area contributed by atoms with Crippen LogP contribution in [0.3, 0.4) is 0 Å². The zero-order chi connectivity index (χ0) is 13.8. The van der Waals surface area contributed by atoms with Crippen LogP contribution in [0.25, 0.3) is 0 Å². The Kier molecular flexibility index (Phi) is 3.46. The van der Waals surface area contributed by atoms with Gasteiger partial charge in [0.05, 0.1) is 11.3 Å². The second kappa shape index (κ2) is 5.21. The first-order valence-electron chi connectivity index (χ1n) is 5.10. The van der Waals surface area contributed by atoms with Crippen LogP contribution in [0.1, 0.15) is 10.4 Å². The zero-order valence-corrected chi connectivity index (χ0v) is 9.45. The first-order valence-corrected chi connectivity index (χ1v) is 5.10. The molecule has 0 atom stereocenters. The molecular weight excluding hydrogens is 257 g/mol. The molecule has 1 heterocycles. The topological polar surface area (TPSA) is 110 Å². The summed E-state index contributed by atoms with van der Waals surface area (Å²) in [5.74, 6) is -2.51. The first kappa shape index (κ1) is 12.6. The third-order valence-corrected chi connectivity index (χ3v) is 2.18. The largest absolute Gasteiger partial charge is 0.478 e. The monoisotopic (exact) mass is 265 g/mol. The predicted octanol–water partition coefficient (Wildman–Crippen LogP) is 0.149. The lowest BCUT2D eigenvalue weighted by Crippen LogP contribution is -2.20. The average Bonchev–Trinajstić information content (AvgIpc) is 2.84. The van der Waals surface area contributed by atoms with Crippen molar-refractivity contribution >= 4 is 17.6 Å². The Morgan fingerprint density at radius 3 is 2.84 bits per heavy atom. The van der Waals surface area contributed by atoms with Crippen molar-refractivity contribution in [3.05, 3.63) is 35.9 Å². The predicted molar refractivity (Wildman–Crippen MR) is 59.8 cm³/mol. The minimum Gasteiger partial charge on any atom is -0.478 e. The van der Waals surface area contributed by atoms with Crippen molar-refractivity contribution in [3.8, 4) is 0 Å². The normalized spacial score (nSPS) is 10.2. The summed E-state index contributed by atoms with van der Waals surface area (Å²) in [5, 5.41) is 21.2. The standard InChI is InChI=1S/C10H8FN5O3/c11-7-2-1-6(10(18)19)3-8(7)13-9(17)4-16-5-12-14-15-16/h1-3,5H,4H2,(H,13,17)(H,18,19). The summed E-state index contributed by atoms with van der Waals surface area (Å²) in [7, 11) is 0. The van der Waals surface area contributed by atoms with Gasteiger partial charge in [0.1, 0.15) is 18.7 Å². The quantitative estimate of drug-likeness (QED) is 0.814. The molecule has 8 nitrogen and oxygen atoms in total. The molecule has 0 spiro atoms. The smallest absolute Gasteiger partial charge is 0.335 e. The van der Waals surface area contributed by atoms with Gasteiger partial charge in [0, 0.05) is 0 Å². The molecule has 0 unspecified atom stereocenters. The zero-order valence-electron chi connectivity index (χ0n) is 9.45. The Hall–Kier alpha value is -2.84. The number of benzene rings is 1. The fraction of sp³-hybridized carbons (Fsp3) is 0.100. The van der Waals surface area contributed by atoms with Gasteiger partial charge in [0.15, 0.2) is 0 Å². The number of hydrogen-bond acceptors (Lipinski definition) is 5. The van der Waals surface area contributed by atoms with Crippen LogP contribution in [0, 0.1) is 5.82 Å². The fourth-order valence-corrected chi connectivity index (χ4v) is 1.34. The molecule has 9 heteroatoms. The molecule has 0 saturated heterocycles. The van der Waals surface area contributed by atoms with Gasteiger partial charge in [-0.15, -0.1) is 5.10 Å². The van der Waals surface area contributed by atoms with E-state index in [2.05, 4.69) is 20.8 Å². The number of carbonyl (C=O) groups excluding carboxylic acids is 1. The number of nitrogens with zero attached hydrogens (tertiary/aromatic N) is 4. The number of carbonyl (C=O) groups is 2. The van der Waals surface area contributed by atoms with E-state index in [0.29, 0.717) is 0 Å². The van der Waals surface area contributed by atoms with E-state index < -0.39 is 17.7 Å². The van der Waals surface area contributed by atoms with Crippen molar-refractivity contribution in [2.45, 2.75) is 6.54 Å². The van der Waals surface area contributed by atoms with Crippen molar-refractivity contribution < 1.29 is 19.1 Å². The average molecular weight is 265 g/mol. The Bertz CT molecular complexity index is 614. The van der Waals surface area contributed by atoms with Crippen molar-refractivity contribution in [2.24, 2.45) is 0 Å². The van der Waals surface area contributed by atoms with Crippen LogP contribution in [0.5, 0.6) is 0 Å². The van der Waals surface area contributed by atoms with Crippen LogP contribution < -0.4 is 5.32 Å². The number of tetrazole rings is 1. The number of amides is 1. The van der Waals surface area contributed by atoms with E-state index in [1.165, 1.54) is 6.33 Å². The molecule has 98 valence electrons. The molecule has 0 aliphatic carbocycles. The molecule has 2 aromatic rings.